The Balaban J connectivity index is 1.91. The van der Waals surface area contributed by atoms with Gasteiger partial charge in [-0.05, 0) is 26.7 Å². The lowest BCUT2D eigenvalue weighted by Crippen LogP contribution is -2.53. The van der Waals surface area contributed by atoms with Crippen LogP contribution in [0.2, 0.25) is 0 Å². The molecule has 1 fully saturated rings. The molecule has 0 radical (unpaired) electrons. The van der Waals surface area contributed by atoms with Crippen molar-refractivity contribution in [2.45, 2.75) is 38.4 Å². The van der Waals surface area contributed by atoms with Crippen molar-refractivity contribution in [1.82, 2.24) is 14.9 Å². The van der Waals surface area contributed by atoms with E-state index in [1.807, 2.05) is 0 Å². The molecule has 1 atom stereocenters. The van der Waals surface area contributed by atoms with Crippen molar-refractivity contribution in [1.29, 1.82) is 0 Å². The van der Waals surface area contributed by atoms with Gasteiger partial charge >= 0.3 is 0 Å². The highest BCUT2D eigenvalue weighted by molar-refractivity contribution is 5.84. The Morgan fingerprint density at radius 3 is 3.05 bits per heavy atom. The molecule has 1 aliphatic heterocycles. The second-order valence-electron chi connectivity index (χ2n) is 5.90. The molecule has 2 heterocycles. The molecule has 22 heavy (non-hydrogen) atoms. The van der Waals surface area contributed by atoms with Gasteiger partial charge in [0.05, 0.1) is 19.0 Å². The summed E-state index contributed by atoms with van der Waals surface area (Å²) in [4.78, 5) is 32.0. The zero-order chi connectivity index (χ0) is 16.2. The summed E-state index contributed by atoms with van der Waals surface area (Å²) in [5.74, 6) is -0.0300. The lowest BCUT2D eigenvalue weighted by Gasteiger charge is -2.37. The molecule has 1 amide bonds. The third kappa shape index (κ3) is 4.14. The van der Waals surface area contributed by atoms with E-state index in [1.54, 1.807) is 18.7 Å². The normalized spacial score (nSPS) is 19.2. The van der Waals surface area contributed by atoms with Crippen LogP contribution in [-0.4, -0.2) is 59.3 Å². The van der Waals surface area contributed by atoms with Gasteiger partial charge in [0.25, 0.3) is 11.5 Å². The van der Waals surface area contributed by atoms with Crippen LogP contribution in [0.3, 0.4) is 0 Å². The zero-order valence-corrected chi connectivity index (χ0v) is 13.3. The Hall–Kier alpha value is -1.73. The first-order valence-corrected chi connectivity index (χ1v) is 7.42. The summed E-state index contributed by atoms with van der Waals surface area (Å²) in [5, 5.41) is 0. The number of methoxy groups -OCH3 is 1. The number of carbonyl (C=O) groups excluding carboxylic acids is 1. The molecule has 0 bridgehead atoms. The number of morpholine rings is 1. The van der Waals surface area contributed by atoms with Crippen molar-refractivity contribution in [3.05, 3.63) is 28.4 Å². The van der Waals surface area contributed by atoms with Gasteiger partial charge in [-0.2, -0.15) is 0 Å². The maximum absolute atomic E-state index is 12.4. The lowest BCUT2D eigenvalue weighted by molar-refractivity contribution is -0.158. The molecule has 0 aromatic carbocycles. The van der Waals surface area contributed by atoms with Crippen molar-refractivity contribution in [3.8, 4) is 0 Å². The Labute approximate surface area is 129 Å². The smallest absolute Gasteiger partial charge is 0.254 e. The van der Waals surface area contributed by atoms with E-state index in [-0.39, 0.29) is 17.6 Å². The first-order valence-electron chi connectivity index (χ1n) is 7.42. The average Bonchev–Trinajstić information content (AvgIpc) is 2.52. The highest BCUT2D eigenvalue weighted by Gasteiger charge is 2.34. The number of H-pyrrole nitrogens is 1. The molecular formula is C15H23N3O4. The number of nitrogens with zero attached hydrogens (tertiary/aromatic N) is 2. The monoisotopic (exact) mass is 309 g/mol. The molecular weight excluding hydrogens is 286 g/mol. The van der Waals surface area contributed by atoms with E-state index < -0.39 is 5.60 Å². The van der Waals surface area contributed by atoms with E-state index >= 15 is 0 Å². The van der Waals surface area contributed by atoms with Crippen LogP contribution in [-0.2, 0) is 20.7 Å². The number of aromatic nitrogens is 2. The Morgan fingerprint density at radius 2 is 2.36 bits per heavy atom. The minimum Gasteiger partial charge on any atom is -0.375 e. The topological polar surface area (TPSA) is 84.5 Å². The van der Waals surface area contributed by atoms with Crippen LogP contribution >= 0.6 is 0 Å². The molecule has 1 aromatic rings. The lowest BCUT2D eigenvalue weighted by atomic mass is 10.1. The summed E-state index contributed by atoms with van der Waals surface area (Å²) in [6.07, 6.45) is 2.71. The quantitative estimate of drug-likeness (QED) is 0.848. The van der Waals surface area contributed by atoms with Crippen LogP contribution in [0.5, 0.6) is 0 Å². The summed E-state index contributed by atoms with van der Waals surface area (Å²) in [6.45, 7) is 5.15. The first kappa shape index (κ1) is 16.6. The number of aryl methyl sites for hydroxylation is 1. The number of amides is 1. The molecule has 1 N–H and O–H groups in total. The molecule has 0 spiro atoms. The fourth-order valence-corrected chi connectivity index (χ4v) is 2.40. The number of carbonyl (C=O) groups is 1. The van der Waals surface area contributed by atoms with Crippen LogP contribution in [0, 0.1) is 0 Å². The Kier molecular flexibility index (Phi) is 5.31. The highest BCUT2D eigenvalue weighted by atomic mass is 16.5. The number of hydrogen-bond donors (Lipinski definition) is 1. The molecule has 7 nitrogen and oxygen atoms in total. The van der Waals surface area contributed by atoms with Gasteiger partial charge < -0.3 is 19.4 Å². The van der Waals surface area contributed by atoms with Crippen molar-refractivity contribution >= 4 is 5.91 Å². The minimum absolute atomic E-state index is 0.0300. The van der Waals surface area contributed by atoms with Gasteiger partial charge in [-0.25, -0.2) is 4.98 Å². The molecule has 2 rings (SSSR count). The third-order valence-corrected chi connectivity index (χ3v) is 3.91. The number of aromatic amines is 1. The fourth-order valence-electron chi connectivity index (χ4n) is 2.40. The second-order valence-corrected chi connectivity index (χ2v) is 5.90. The Bertz CT molecular complexity index is 570. The number of hydrogen-bond acceptors (Lipinski definition) is 5. The second kappa shape index (κ2) is 7.02. The van der Waals surface area contributed by atoms with E-state index in [4.69, 9.17) is 9.47 Å². The SMILES string of the molecule is COC(C)(C)C(=O)N1CCOC(CCc2cc(=O)[nH]cn2)C1. The Morgan fingerprint density at radius 1 is 1.59 bits per heavy atom. The maximum Gasteiger partial charge on any atom is 0.254 e. The van der Waals surface area contributed by atoms with Gasteiger partial charge in [0.15, 0.2) is 0 Å². The van der Waals surface area contributed by atoms with E-state index in [0.717, 1.165) is 5.69 Å². The van der Waals surface area contributed by atoms with Crippen LogP contribution < -0.4 is 5.56 Å². The average molecular weight is 309 g/mol. The molecule has 7 heteroatoms. The van der Waals surface area contributed by atoms with Crippen molar-refractivity contribution in [2.75, 3.05) is 26.8 Å². The first-order chi connectivity index (χ1) is 10.4. The van der Waals surface area contributed by atoms with Crippen LogP contribution in [0.4, 0.5) is 0 Å². The maximum atomic E-state index is 12.4. The van der Waals surface area contributed by atoms with Gasteiger partial charge in [0.2, 0.25) is 0 Å². The standard InChI is InChI=1S/C15H23N3O4/c1-15(2,21-3)14(20)18-6-7-22-12(9-18)5-4-11-8-13(19)17-10-16-11/h8,10,12H,4-7,9H2,1-3H3,(H,16,17,19). The molecule has 1 aliphatic rings. The summed E-state index contributed by atoms with van der Waals surface area (Å²) in [5.41, 5.74) is -0.253. The predicted octanol–water partition coefficient (Wildman–Crippen LogP) is 0.355. The van der Waals surface area contributed by atoms with E-state index in [1.165, 1.54) is 19.5 Å². The molecule has 1 saturated heterocycles. The molecule has 122 valence electrons. The van der Waals surface area contributed by atoms with E-state index in [0.29, 0.717) is 32.5 Å². The fraction of sp³-hybridized carbons (Fsp3) is 0.667. The van der Waals surface area contributed by atoms with Gasteiger partial charge in [-0.1, -0.05) is 0 Å². The van der Waals surface area contributed by atoms with Gasteiger partial charge in [0, 0.05) is 32.0 Å². The van der Waals surface area contributed by atoms with Crippen molar-refractivity contribution < 1.29 is 14.3 Å². The van der Waals surface area contributed by atoms with Crippen LogP contribution in [0.25, 0.3) is 0 Å². The molecule has 0 aliphatic carbocycles. The van der Waals surface area contributed by atoms with Crippen LogP contribution in [0.1, 0.15) is 26.0 Å². The van der Waals surface area contributed by atoms with Crippen LogP contribution in [0.15, 0.2) is 17.2 Å². The van der Waals surface area contributed by atoms with Crippen molar-refractivity contribution in [2.24, 2.45) is 0 Å². The van der Waals surface area contributed by atoms with Gasteiger partial charge in [-0.3, -0.25) is 9.59 Å². The zero-order valence-electron chi connectivity index (χ0n) is 13.3. The highest BCUT2D eigenvalue weighted by Crippen LogP contribution is 2.17. The number of nitrogens with one attached hydrogen (secondary N) is 1. The largest absolute Gasteiger partial charge is 0.375 e. The summed E-state index contributed by atoms with van der Waals surface area (Å²) in [7, 11) is 1.54. The molecule has 1 aromatic heterocycles. The summed E-state index contributed by atoms with van der Waals surface area (Å²) >= 11 is 0. The van der Waals surface area contributed by atoms with Gasteiger partial charge in [-0.15, -0.1) is 0 Å². The molecule has 0 saturated carbocycles. The predicted molar refractivity (Wildman–Crippen MR) is 80.6 cm³/mol. The van der Waals surface area contributed by atoms with E-state index in [9.17, 15) is 9.59 Å². The van der Waals surface area contributed by atoms with Crippen molar-refractivity contribution in [3.63, 3.8) is 0 Å². The number of rotatable bonds is 5. The van der Waals surface area contributed by atoms with Gasteiger partial charge in [0.1, 0.15) is 5.60 Å². The number of ether oxygens (including phenoxy) is 2. The summed E-state index contributed by atoms with van der Waals surface area (Å²) < 4.78 is 11.0. The third-order valence-electron chi connectivity index (χ3n) is 3.91. The minimum atomic E-state index is -0.823. The van der Waals surface area contributed by atoms with E-state index in [2.05, 4.69) is 9.97 Å². The molecule has 1 unspecified atom stereocenters. The summed E-state index contributed by atoms with van der Waals surface area (Å²) in [6, 6.07) is 1.49.